The Morgan fingerprint density at radius 3 is 2.71 bits per heavy atom. The summed E-state index contributed by atoms with van der Waals surface area (Å²) < 4.78 is 5.38. The first-order valence-electron chi connectivity index (χ1n) is 7.10. The SMILES string of the molecule is CC(C)(C)OC(=O)N1CCC(c2nc(CN=O)cs2)CC1. The second kappa shape index (κ2) is 6.51. The number of carbonyl (C=O) groups is 1. The summed E-state index contributed by atoms with van der Waals surface area (Å²) in [5, 5.41) is 5.78. The summed E-state index contributed by atoms with van der Waals surface area (Å²) >= 11 is 1.57. The minimum Gasteiger partial charge on any atom is -0.444 e. The lowest BCUT2D eigenvalue weighted by molar-refractivity contribution is 0.0205. The van der Waals surface area contributed by atoms with E-state index in [9.17, 15) is 9.70 Å². The molecule has 6 nitrogen and oxygen atoms in total. The number of hydrogen-bond donors (Lipinski definition) is 0. The topological polar surface area (TPSA) is 71.9 Å². The molecule has 21 heavy (non-hydrogen) atoms. The highest BCUT2D eigenvalue weighted by Crippen LogP contribution is 2.31. The van der Waals surface area contributed by atoms with E-state index in [1.165, 1.54) is 0 Å². The van der Waals surface area contributed by atoms with Crippen LogP contribution >= 0.6 is 11.3 Å². The van der Waals surface area contributed by atoms with Crippen LogP contribution in [0.25, 0.3) is 0 Å². The molecule has 0 saturated carbocycles. The number of amides is 1. The van der Waals surface area contributed by atoms with Gasteiger partial charge < -0.3 is 9.64 Å². The van der Waals surface area contributed by atoms with E-state index in [-0.39, 0.29) is 12.6 Å². The lowest BCUT2D eigenvalue weighted by Gasteiger charge is -2.32. The summed E-state index contributed by atoms with van der Waals surface area (Å²) in [4.78, 5) is 28.4. The minimum absolute atomic E-state index is 0.132. The molecule has 0 N–H and O–H groups in total. The lowest BCUT2D eigenvalue weighted by Crippen LogP contribution is -2.41. The van der Waals surface area contributed by atoms with Gasteiger partial charge in [0.25, 0.3) is 0 Å². The molecule has 1 aliphatic rings. The van der Waals surface area contributed by atoms with Crippen LogP contribution in [0.1, 0.15) is 50.2 Å². The van der Waals surface area contributed by atoms with E-state index in [2.05, 4.69) is 10.2 Å². The van der Waals surface area contributed by atoms with Gasteiger partial charge in [-0.05, 0) is 33.6 Å². The Balaban J connectivity index is 1.87. The number of carbonyl (C=O) groups excluding carboxylic acids is 1. The van der Waals surface area contributed by atoms with Gasteiger partial charge in [-0.1, -0.05) is 5.18 Å². The lowest BCUT2D eigenvalue weighted by atomic mass is 9.98. The number of ether oxygens (including phenoxy) is 1. The summed E-state index contributed by atoms with van der Waals surface area (Å²) in [5.41, 5.74) is 0.277. The third-order valence-electron chi connectivity index (χ3n) is 3.29. The Morgan fingerprint density at radius 1 is 1.48 bits per heavy atom. The van der Waals surface area contributed by atoms with Gasteiger partial charge in [0.15, 0.2) is 0 Å². The third-order valence-corrected chi connectivity index (χ3v) is 4.35. The van der Waals surface area contributed by atoms with E-state index in [1.54, 1.807) is 16.2 Å². The van der Waals surface area contributed by atoms with Crippen molar-refractivity contribution < 1.29 is 9.53 Å². The number of aromatic nitrogens is 1. The molecule has 0 atom stereocenters. The van der Waals surface area contributed by atoms with Crippen molar-refractivity contribution in [3.05, 3.63) is 21.0 Å². The van der Waals surface area contributed by atoms with E-state index in [4.69, 9.17) is 4.74 Å². The normalized spacial score (nSPS) is 16.8. The first-order chi connectivity index (χ1) is 9.89. The molecule has 2 heterocycles. The Kier molecular flexibility index (Phi) is 4.92. The van der Waals surface area contributed by atoms with Crippen LogP contribution in [0.15, 0.2) is 10.6 Å². The van der Waals surface area contributed by atoms with Gasteiger partial charge in [-0.15, -0.1) is 11.3 Å². The molecule has 1 amide bonds. The van der Waals surface area contributed by atoms with Crippen LogP contribution < -0.4 is 0 Å². The zero-order chi connectivity index (χ0) is 15.5. The molecule has 2 rings (SSSR count). The van der Waals surface area contributed by atoms with Crippen molar-refractivity contribution in [2.75, 3.05) is 13.1 Å². The van der Waals surface area contributed by atoms with Crippen LogP contribution in [0.3, 0.4) is 0 Å². The molecule has 1 saturated heterocycles. The van der Waals surface area contributed by atoms with Crippen LogP contribution in [-0.2, 0) is 11.3 Å². The van der Waals surface area contributed by atoms with Gasteiger partial charge in [-0.3, -0.25) is 0 Å². The molecule has 1 fully saturated rings. The van der Waals surface area contributed by atoms with Crippen molar-refractivity contribution in [2.24, 2.45) is 5.18 Å². The molecule has 1 aliphatic heterocycles. The number of nitroso groups, excluding NO2 is 1. The number of nitrogens with zero attached hydrogens (tertiary/aromatic N) is 3. The van der Waals surface area contributed by atoms with Crippen LogP contribution in [0.4, 0.5) is 4.79 Å². The van der Waals surface area contributed by atoms with Crippen molar-refractivity contribution in [1.82, 2.24) is 9.88 Å². The average Bonchev–Trinajstić information content (AvgIpc) is 2.86. The zero-order valence-electron chi connectivity index (χ0n) is 12.7. The Hall–Kier alpha value is -1.50. The van der Waals surface area contributed by atoms with Crippen LogP contribution in [0.2, 0.25) is 0 Å². The summed E-state index contributed by atoms with van der Waals surface area (Å²) in [6, 6.07) is 0. The zero-order valence-corrected chi connectivity index (χ0v) is 13.5. The molecule has 1 aromatic heterocycles. The predicted molar refractivity (Wildman–Crippen MR) is 81.4 cm³/mol. The van der Waals surface area contributed by atoms with E-state index >= 15 is 0 Å². The fourth-order valence-electron chi connectivity index (χ4n) is 2.28. The maximum absolute atomic E-state index is 12.0. The van der Waals surface area contributed by atoms with E-state index in [0.717, 1.165) is 23.5 Å². The minimum atomic E-state index is -0.458. The van der Waals surface area contributed by atoms with Gasteiger partial charge in [-0.2, -0.15) is 4.91 Å². The van der Waals surface area contributed by atoms with E-state index in [0.29, 0.717) is 19.0 Å². The molecule has 0 spiro atoms. The summed E-state index contributed by atoms with van der Waals surface area (Å²) in [7, 11) is 0. The standard InChI is InChI=1S/C14H21N3O3S/c1-14(2,3)20-13(18)17-6-4-10(5-7-17)12-16-11(8-15-19)9-21-12/h9-10H,4-8H2,1-3H3. The highest BCUT2D eigenvalue weighted by Gasteiger charge is 2.28. The number of likely N-dealkylation sites (tertiary alicyclic amines) is 1. The predicted octanol–water partition coefficient (Wildman–Crippen LogP) is 3.52. The van der Waals surface area contributed by atoms with Crippen LogP contribution in [0.5, 0.6) is 0 Å². The molecule has 7 heteroatoms. The van der Waals surface area contributed by atoms with Crippen molar-refractivity contribution in [1.29, 1.82) is 0 Å². The Morgan fingerprint density at radius 2 is 2.14 bits per heavy atom. The largest absolute Gasteiger partial charge is 0.444 e. The number of rotatable bonds is 3. The first kappa shape index (κ1) is 15.9. The summed E-state index contributed by atoms with van der Waals surface area (Å²) in [6.45, 7) is 7.11. The highest BCUT2D eigenvalue weighted by molar-refractivity contribution is 7.09. The van der Waals surface area contributed by atoms with Gasteiger partial charge in [0.1, 0.15) is 12.1 Å². The fourth-order valence-corrected chi connectivity index (χ4v) is 3.27. The Labute approximate surface area is 128 Å². The van der Waals surface area contributed by atoms with Gasteiger partial charge in [0.2, 0.25) is 0 Å². The fraction of sp³-hybridized carbons (Fsp3) is 0.714. The molecule has 116 valence electrons. The van der Waals surface area contributed by atoms with Gasteiger partial charge in [0.05, 0.1) is 10.7 Å². The maximum atomic E-state index is 12.0. The summed E-state index contributed by atoms with van der Waals surface area (Å²) in [6.07, 6.45) is 1.51. The number of thiazole rings is 1. The second-order valence-corrected chi connectivity index (χ2v) is 7.10. The first-order valence-corrected chi connectivity index (χ1v) is 7.98. The quantitative estimate of drug-likeness (QED) is 0.801. The number of piperidine rings is 1. The molecule has 0 aromatic carbocycles. The monoisotopic (exact) mass is 311 g/mol. The highest BCUT2D eigenvalue weighted by atomic mass is 32.1. The van der Waals surface area contributed by atoms with Crippen molar-refractivity contribution in [2.45, 2.75) is 51.7 Å². The molecular formula is C14H21N3O3S. The molecule has 0 bridgehead atoms. The Bertz CT molecular complexity index is 502. The molecule has 1 aromatic rings. The summed E-state index contributed by atoms with van der Waals surface area (Å²) in [5.74, 6) is 0.356. The molecular weight excluding hydrogens is 290 g/mol. The van der Waals surface area contributed by atoms with Gasteiger partial charge in [-0.25, -0.2) is 9.78 Å². The van der Waals surface area contributed by atoms with E-state index in [1.807, 2.05) is 26.2 Å². The maximum Gasteiger partial charge on any atom is 0.410 e. The van der Waals surface area contributed by atoms with Gasteiger partial charge in [0, 0.05) is 24.4 Å². The molecule has 0 unspecified atom stereocenters. The molecule has 0 radical (unpaired) electrons. The average molecular weight is 311 g/mol. The smallest absolute Gasteiger partial charge is 0.410 e. The van der Waals surface area contributed by atoms with Crippen molar-refractivity contribution >= 4 is 17.4 Å². The van der Waals surface area contributed by atoms with Gasteiger partial charge >= 0.3 is 6.09 Å². The second-order valence-electron chi connectivity index (χ2n) is 6.21. The van der Waals surface area contributed by atoms with Crippen molar-refractivity contribution in [3.8, 4) is 0 Å². The third kappa shape index (κ3) is 4.49. The molecule has 0 aliphatic carbocycles. The van der Waals surface area contributed by atoms with Crippen molar-refractivity contribution in [3.63, 3.8) is 0 Å². The van der Waals surface area contributed by atoms with Crippen LogP contribution in [-0.4, -0.2) is 34.7 Å². The number of hydrogen-bond acceptors (Lipinski definition) is 6. The van der Waals surface area contributed by atoms with E-state index < -0.39 is 5.60 Å². The van der Waals surface area contributed by atoms with Crippen LogP contribution in [0, 0.1) is 4.91 Å².